The predicted molar refractivity (Wildman–Crippen MR) is 80.4 cm³/mol. The van der Waals surface area contributed by atoms with Crippen LogP contribution in [0.15, 0.2) is 18.2 Å². The smallest absolute Gasteiger partial charge is 0.347 e. The van der Waals surface area contributed by atoms with Crippen LogP contribution in [-0.2, 0) is 15.8 Å². The zero-order valence-electron chi connectivity index (χ0n) is 13.6. The van der Waals surface area contributed by atoms with Gasteiger partial charge in [0.05, 0.1) is 5.56 Å². The van der Waals surface area contributed by atoms with Crippen molar-refractivity contribution in [1.29, 1.82) is 0 Å². The molecule has 26 heavy (non-hydrogen) atoms. The third-order valence-corrected chi connectivity index (χ3v) is 4.49. The molecular formula is C16H15F4N3O3. The Morgan fingerprint density at radius 1 is 1.31 bits per heavy atom. The lowest BCUT2D eigenvalue weighted by Crippen LogP contribution is -2.60. The Morgan fingerprint density at radius 2 is 2.00 bits per heavy atom. The Hall–Kier alpha value is -2.65. The molecule has 0 aromatic heterocycles. The van der Waals surface area contributed by atoms with Gasteiger partial charge in [-0.3, -0.25) is 14.4 Å². The van der Waals surface area contributed by atoms with Crippen molar-refractivity contribution in [1.82, 2.24) is 15.5 Å². The molecule has 140 valence electrons. The molecule has 1 aromatic carbocycles. The van der Waals surface area contributed by atoms with E-state index in [0.717, 1.165) is 6.07 Å². The summed E-state index contributed by atoms with van der Waals surface area (Å²) in [5, 5.41) is 5.03. The number of rotatable bonds is 2. The van der Waals surface area contributed by atoms with Gasteiger partial charge in [-0.2, -0.15) is 13.2 Å². The van der Waals surface area contributed by atoms with Crippen LogP contribution < -0.4 is 10.6 Å². The molecule has 0 aliphatic carbocycles. The van der Waals surface area contributed by atoms with E-state index in [2.05, 4.69) is 10.6 Å². The molecule has 10 heteroatoms. The van der Waals surface area contributed by atoms with E-state index in [9.17, 15) is 31.9 Å². The maximum absolute atomic E-state index is 13.3. The molecule has 6 nitrogen and oxygen atoms in total. The second-order valence-corrected chi connectivity index (χ2v) is 6.34. The van der Waals surface area contributed by atoms with Crippen LogP contribution in [0.3, 0.4) is 0 Å². The summed E-state index contributed by atoms with van der Waals surface area (Å²) in [4.78, 5) is 37.6. The van der Waals surface area contributed by atoms with Gasteiger partial charge < -0.3 is 15.5 Å². The minimum absolute atomic E-state index is 0.0837. The summed E-state index contributed by atoms with van der Waals surface area (Å²) in [6.45, 7) is 1.62. The molecular weight excluding hydrogens is 358 g/mol. The Kier molecular flexibility index (Phi) is 4.37. The first-order valence-corrected chi connectivity index (χ1v) is 7.86. The number of carbonyl (C=O) groups is 3. The molecule has 3 atom stereocenters. The molecule has 2 fully saturated rings. The van der Waals surface area contributed by atoms with Gasteiger partial charge in [0, 0.05) is 18.2 Å². The average Bonchev–Trinajstić information content (AvgIpc) is 2.96. The maximum Gasteiger partial charge on any atom is 0.419 e. The van der Waals surface area contributed by atoms with Gasteiger partial charge in [0.25, 0.3) is 5.91 Å². The van der Waals surface area contributed by atoms with Gasteiger partial charge in [0.1, 0.15) is 17.9 Å². The number of carbonyl (C=O) groups excluding carboxylic acids is 3. The monoisotopic (exact) mass is 373 g/mol. The van der Waals surface area contributed by atoms with Crippen molar-refractivity contribution in [3.05, 3.63) is 35.1 Å². The van der Waals surface area contributed by atoms with Gasteiger partial charge in [-0.25, -0.2) is 4.39 Å². The maximum atomic E-state index is 13.3. The first-order valence-electron chi connectivity index (χ1n) is 7.86. The molecule has 1 aromatic rings. The van der Waals surface area contributed by atoms with Crippen LogP contribution in [-0.4, -0.2) is 47.3 Å². The first-order chi connectivity index (χ1) is 12.1. The molecule has 0 spiro atoms. The highest BCUT2D eigenvalue weighted by molar-refractivity contribution is 5.98. The van der Waals surface area contributed by atoms with E-state index < -0.39 is 41.6 Å². The average molecular weight is 373 g/mol. The zero-order valence-corrected chi connectivity index (χ0v) is 13.6. The summed E-state index contributed by atoms with van der Waals surface area (Å²) in [5.41, 5.74) is -1.88. The number of benzene rings is 1. The van der Waals surface area contributed by atoms with Crippen molar-refractivity contribution < 1.29 is 31.9 Å². The summed E-state index contributed by atoms with van der Waals surface area (Å²) in [7, 11) is 0. The standard InChI is InChI=1S/C16H15F4N3O3/c1-7-15(26)23-6-9(5-12(23)14(25)21-7)22-13(24)8-2-3-11(17)10(4-8)16(18,19)20/h2-4,7,9,12H,5-6H2,1H3,(H,21,25)(H,22,24)/t7-,9-,12-/m0/s1. The summed E-state index contributed by atoms with van der Waals surface area (Å²) < 4.78 is 51.6. The minimum Gasteiger partial charge on any atom is -0.347 e. The molecule has 2 aliphatic heterocycles. The van der Waals surface area contributed by atoms with Crippen LogP contribution >= 0.6 is 0 Å². The van der Waals surface area contributed by atoms with Gasteiger partial charge in [-0.05, 0) is 31.5 Å². The summed E-state index contributed by atoms with van der Waals surface area (Å²) >= 11 is 0. The number of fused-ring (bicyclic) bond motifs is 1. The topological polar surface area (TPSA) is 78.5 Å². The number of nitrogens with one attached hydrogen (secondary N) is 2. The number of halogens is 4. The van der Waals surface area contributed by atoms with E-state index in [4.69, 9.17) is 0 Å². The van der Waals surface area contributed by atoms with Crippen molar-refractivity contribution in [2.45, 2.75) is 37.6 Å². The van der Waals surface area contributed by atoms with E-state index in [1.807, 2.05) is 0 Å². The van der Waals surface area contributed by atoms with E-state index in [1.165, 1.54) is 4.90 Å². The molecule has 2 heterocycles. The Labute approximate surface area is 145 Å². The minimum atomic E-state index is -4.92. The largest absolute Gasteiger partial charge is 0.419 e. The lowest BCUT2D eigenvalue weighted by Gasteiger charge is -2.32. The van der Waals surface area contributed by atoms with E-state index in [1.54, 1.807) is 6.92 Å². The summed E-state index contributed by atoms with van der Waals surface area (Å²) in [6, 6.07) is -0.0157. The van der Waals surface area contributed by atoms with Crippen LogP contribution in [0.4, 0.5) is 17.6 Å². The number of hydrogen-bond acceptors (Lipinski definition) is 3. The molecule has 0 unspecified atom stereocenters. The van der Waals surface area contributed by atoms with Crippen molar-refractivity contribution in [2.75, 3.05) is 6.54 Å². The zero-order chi connectivity index (χ0) is 19.2. The number of alkyl halides is 3. The fourth-order valence-electron chi connectivity index (χ4n) is 3.21. The normalized spacial score (nSPS) is 25.7. The van der Waals surface area contributed by atoms with Gasteiger partial charge in [-0.1, -0.05) is 0 Å². The number of hydrogen-bond donors (Lipinski definition) is 2. The van der Waals surface area contributed by atoms with Crippen molar-refractivity contribution in [3.63, 3.8) is 0 Å². The number of amides is 3. The fraction of sp³-hybridized carbons (Fsp3) is 0.438. The van der Waals surface area contributed by atoms with E-state index in [-0.39, 0.29) is 30.3 Å². The molecule has 2 N–H and O–H groups in total. The predicted octanol–water partition coefficient (Wildman–Crippen LogP) is 1.06. The lowest BCUT2D eigenvalue weighted by atomic mass is 10.1. The van der Waals surface area contributed by atoms with E-state index in [0.29, 0.717) is 12.1 Å². The summed E-state index contributed by atoms with van der Waals surface area (Å²) in [5.74, 6) is -2.92. The molecule has 0 radical (unpaired) electrons. The highest BCUT2D eigenvalue weighted by atomic mass is 19.4. The van der Waals surface area contributed by atoms with Crippen molar-refractivity contribution in [2.24, 2.45) is 0 Å². The van der Waals surface area contributed by atoms with E-state index >= 15 is 0 Å². The highest BCUT2D eigenvalue weighted by Crippen LogP contribution is 2.32. The van der Waals surface area contributed by atoms with Crippen molar-refractivity contribution in [3.8, 4) is 0 Å². The Morgan fingerprint density at radius 3 is 2.65 bits per heavy atom. The molecule has 2 aliphatic rings. The molecule has 0 saturated carbocycles. The second kappa shape index (κ2) is 6.26. The third-order valence-electron chi connectivity index (χ3n) is 4.49. The quantitative estimate of drug-likeness (QED) is 0.761. The highest BCUT2D eigenvalue weighted by Gasteiger charge is 2.45. The Bertz CT molecular complexity index is 780. The van der Waals surface area contributed by atoms with Crippen LogP contribution in [0.1, 0.15) is 29.3 Å². The summed E-state index contributed by atoms with van der Waals surface area (Å²) in [6.07, 6.45) is -4.77. The fourth-order valence-corrected chi connectivity index (χ4v) is 3.21. The molecule has 0 bridgehead atoms. The lowest BCUT2D eigenvalue weighted by molar-refractivity contribution is -0.146. The van der Waals surface area contributed by atoms with Gasteiger partial charge in [0.2, 0.25) is 11.8 Å². The molecule has 3 amide bonds. The molecule has 2 saturated heterocycles. The van der Waals surface area contributed by atoms with Gasteiger partial charge >= 0.3 is 6.18 Å². The third kappa shape index (κ3) is 3.23. The number of piperazine rings is 1. The van der Waals surface area contributed by atoms with Gasteiger partial charge in [-0.15, -0.1) is 0 Å². The first kappa shape index (κ1) is 18.2. The number of nitrogens with zero attached hydrogens (tertiary/aromatic N) is 1. The molecule has 3 rings (SSSR count). The van der Waals surface area contributed by atoms with Crippen LogP contribution in [0.2, 0.25) is 0 Å². The SMILES string of the molecule is C[C@@H]1NC(=O)[C@@H]2C[C@H](NC(=O)c3ccc(F)c(C(F)(F)F)c3)CN2C1=O. The Balaban J connectivity index is 1.74. The van der Waals surface area contributed by atoms with Crippen LogP contribution in [0, 0.1) is 5.82 Å². The van der Waals surface area contributed by atoms with Crippen LogP contribution in [0.25, 0.3) is 0 Å². The second-order valence-electron chi connectivity index (χ2n) is 6.34. The van der Waals surface area contributed by atoms with Crippen LogP contribution in [0.5, 0.6) is 0 Å². The van der Waals surface area contributed by atoms with Crippen molar-refractivity contribution >= 4 is 17.7 Å². The van der Waals surface area contributed by atoms with Gasteiger partial charge in [0.15, 0.2) is 0 Å².